The number of hydrogen-bond donors (Lipinski definition) is 3. The molecule has 1 aliphatic carbocycles. The second-order valence-corrected chi connectivity index (χ2v) is 6.03. The highest BCUT2D eigenvalue weighted by Gasteiger charge is 2.29. The van der Waals surface area contributed by atoms with E-state index in [9.17, 15) is 4.79 Å². The molecule has 1 unspecified atom stereocenters. The van der Waals surface area contributed by atoms with E-state index in [0.717, 1.165) is 6.42 Å². The summed E-state index contributed by atoms with van der Waals surface area (Å²) < 4.78 is 0. The van der Waals surface area contributed by atoms with Crippen LogP contribution in [0.15, 0.2) is 48.5 Å². The Hall–Kier alpha value is -1.94. The Labute approximate surface area is 129 Å². The summed E-state index contributed by atoms with van der Waals surface area (Å²) in [5.41, 5.74) is 5.19. The molecule has 0 aromatic heterocycles. The maximum Gasteiger partial charge on any atom is 0.404 e. The van der Waals surface area contributed by atoms with Gasteiger partial charge in [0.1, 0.15) is 0 Å². The molecular formula is C17H17NO2S. The lowest BCUT2D eigenvalue weighted by Crippen LogP contribution is -2.29. The summed E-state index contributed by atoms with van der Waals surface area (Å²) in [6.07, 6.45) is -0.182. The van der Waals surface area contributed by atoms with Gasteiger partial charge in [0.25, 0.3) is 0 Å². The maximum absolute atomic E-state index is 10.6. The van der Waals surface area contributed by atoms with Gasteiger partial charge < -0.3 is 10.4 Å². The van der Waals surface area contributed by atoms with Gasteiger partial charge in [0, 0.05) is 17.7 Å². The zero-order chi connectivity index (χ0) is 14.8. The molecule has 3 nitrogen and oxygen atoms in total. The third kappa shape index (κ3) is 2.76. The SMILES string of the molecule is O=C(O)NCC(S)CC1c2ccccc2-c2ccccc21. The Morgan fingerprint density at radius 1 is 1.10 bits per heavy atom. The summed E-state index contributed by atoms with van der Waals surface area (Å²) in [4.78, 5) is 10.6. The van der Waals surface area contributed by atoms with Gasteiger partial charge in [-0.05, 0) is 28.7 Å². The van der Waals surface area contributed by atoms with Crippen molar-refractivity contribution >= 4 is 18.7 Å². The van der Waals surface area contributed by atoms with Crippen molar-refractivity contribution in [3.63, 3.8) is 0 Å². The highest BCUT2D eigenvalue weighted by atomic mass is 32.1. The van der Waals surface area contributed by atoms with Gasteiger partial charge in [0.15, 0.2) is 0 Å². The minimum Gasteiger partial charge on any atom is -0.465 e. The molecular weight excluding hydrogens is 282 g/mol. The van der Waals surface area contributed by atoms with Crippen LogP contribution in [0.1, 0.15) is 23.5 Å². The number of fused-ring (bicyclic) bond motifs is 3. The predicted molar refractivity (Wildman–Crippen MR) is 87.1 cm³/mol. The third-order valence-corrected chi connectivity index (χ3v) is 4.35. The molecule has 2 aromatic rings. The fraction of sp³-hybridized carbons (Fsp3) is 0.235. The van der Waals surface area contributed by atoms with E-state index in [1.807, 2.05) is 0 Å². The predicted octanol–water partition coefficient (Wildman–Crippen LogP) is 3.76. The van der Waals surface area contributed by atoms with Crippen molar-refractivity contribution in [1.82, 2.24) is 5.32 Å². The molecule has 2 aromatic carbocycles. The lowest BCUT2D eigenvalue weighted by Gasteiger charge is -2.18. The van der Waals surface area contributed by atoms with Crippen molar-refractivity contribution in [3.8, 4) is 11.1 Å². The Balaban J connectivity index is 1.87. The smallest absolute Gasteiger partial charge is 0.404 e. The van der Waals surface area contributed by atoms with Crippen LogP contribution >= 0.6 is 12.6 Å². The molecule has 1 aliphatic rings. The zero-order valence-corrected chi connectivity index (χ0v) is 12.4. The van der Waals surface area contributed by atoms with Gasteiger partial charge in [-0.25, -0.2) is 4.79 Å². The average Bonchev–Trinajstić information content (AvgIpc) is 2.80. The van der Waals surface area contributed by atoms with Crippen LogP contribution < -0.4 is 5.32 Å². The van der Waals surface area contributed by atoms with Crippen molar-refractivity contribution < 1.29 is 9.90 Å². The Kier molecular flexibility index (Phi) is 3.88. The molecule has 0 fully saturated rings. The second-order valence-electron chi connectivity index (χ2n) is 5.30. The van der Waals surface area contributed by atoms with Crippen LogP contribution in [-0.4, -0.2) is 23.0 Å². The monoisotopic (exact) mass is 299 g/mol. The summed E-state index contributed by atoms with van der Waals surface area (Å²) in [7, 11) is 0. The molecule has 0 saturated heterocycles. The highest BCUT2D eigenvalue weighted by molar-refractivity contribution is 7.81. The van der Waals surface area contributed by atoms with E-state index in [-0.39, 0.29) is 11.2 Å². The van der Waals surface area contributed by atoms with Crippen molar-refractivity contribution in [1.29, 1.82) is 0 Å². The molecule has 0 spiro atoms. The fourth-order valence-corrected chi connectivity index (χ4v) is 3.38. The molecule has 0 saturated carbocycles. The van der Waals surface area contributed by atoms with E-state index in [2.05, 4.69) is 66.5 Å². The number of benzene rings is 2. The van der Waals surface area contributed by atoms with Gasteiger partial charge in [-0.3, -0.25) is 0 Å². The standard InChI is InChI=1S/C17H17NO2S/c19-17(20)18-10-11(21)9-16-14-7-3-1-5-12(14)13-6-2-4-8-15(13)16/h1-8,11,16,18,21H,9-10H2,(H,19,20). The van der Waals surface area contributed by atoms with Crippen LogP contribution in [0, 0.1) is 0 Å². The molecule has 0 radical (unpaired) electrons. The molecule has 2 N–H and O–H groups in total. The van der Waals surface area contributed by atoms with Crippen LogP contribution in [0.5, 0.6) is 0 Å². The summed E-state index contributed by atoms with van der Waals surface area (Å²) in [6, 6.07) is 16.8. The quantitative estimate of drug-likeness (QED) is 0.753. The van der Waals surface area contributed by atoms with Gasteiger partial charge in [0.05, 0.1) is 0 Å². The number of amides is 1. The number of thiol groups is 1. The lowest BCUT2D eigenvalue weighted by molar-refractivity contribution is 0.194. The van der Waals surface area contributed by atoms with E-state index >= 15 is 0 Å². The van der Waals surface area contributed by atoms with E-state index < -0.39 is 6.09 Å². The summed E-state index contributed by atoms with van der Waals surface area (Å²) in [5.74, 6) is 0.287. The Morgan fingerprint density at radius 2 is 1.62 bits per heavy atom. The number of nitrogens with one attached hydrogen (secondary N) is 1. The minimum atomic E-state index is -0.999. The molecule has 0 aliphatic heterocycles. The summed E-state index contributed by atoms with van der Waals surface area (Å²) in [5, 5.41) is 11.1. The van der Waals surface area contributed by atoms with Crippen molar-refractivity contribution in [3.05, 3.63) is 59.7 Å². The molecule has 1 amide bonds. The number of carbonyl (C=O) groups is 1. The zero-order valence-electron chi connectivity index (χ0n) is 11.5. The molecule has 21 heavy (non-hydrogen) atoms. The minimum absolute atomic E-state index is 0.00897. The van der Waals surface area contributed by atoms with E-state index in [4.69, 9.17) is 5.11 Å². The number of rotatable bonds is 4. The van der Waals surface area contributed by atoms with Crippen LogP contribution in [-0.2, 0) is 0 Å². The van der Waals surface area contributed by atoms with E-state index in [1.165, 1.54) is 22.3 Å². The second kappa shape index (κ2) is 5.82. The first-order chi connectivity index (χ1) is 10.2. The highest BCUT2D eigenvalue weighted by Crippen LogP contribution is 2.46. The number of hydrogen-bond acceptors (Lipinski definition) is 2. The first kappa shape index (κ1) is 14.0. The van der Waals surface area contributed by atoms with Crippen molar-refractivity contribution in [2.45, 2.75) is 17.6 Å². The van der Waals surface area contributed by atoms with E-state index in [0.29, 0.717) is 6.54 Å². The summed E-state index contributed by atoms with van der Waals surface area (Å²) >= 11 is 4.54. The molecule has 108 valence electrons. The average molecular weight is 299 g/mol. The Bertz CT molecular complexity index is 626. The molecule has 1 atom stereocenters. The molecule has 3 rings (SSSR count). The lowest BCUT2D eigenvalue weighted by atomic mass is 9.92. The largest absolute Gasteiger partial charge is 0.465 e. The van der Waals surface area contributed by atoms with Crippen molar-refractivity contribution in [2.75, 3.05) is 6.54 Å². The molecule has 0 heterocycles. The van der Waals surface area contributed by atoms with Gasteiger partial charge >= 0.3 is 6.09 Å². The van der Waals surface area contributed by atoms with Crippen LogP contribution in [0.25, 0.3) is 11.1 Å². The Morgan fingerprint density at radius 3 is 2.14 bits per heavy atom. The summed E-state index contributed by atoms with van der Waals surface area (Å²) in [6.45, 7) is 0.360. The van der Waals surface area contributed by atoms with Gasteiger partial charge in [0.2, 0.25) is 0 Å². The fourth-order valence-electron chi connectivity index (χ4n) is 3.07. The normalized spacial score (nSPS) is 14.3. The first-order valence-corrected chi connectivity index (χ1v) is 7.51. The topological polar surface area (TPSA) is 49.3 Å². The number of carboxylic acid groups (broad SMARTS) is 1. The third-order valence-electron chi connectivity index (χ3n) is 3.96. The van der Waals surface area contributed by atoms with Gasteiger partial charge in [-0.1, -0.05) is 48.5 Å². The van der Waals surface area contributed by atoms with Crippen LogP contribution in [0.4, 0.5) is 4.79 Å². The first-order valence-electron chi connectivity index (χ1n) is 7.00. The van der Waals surface area contributed by atoms with Crippen LogP contribution in [0.3, 0.4) is 0 Å². The van der Waals surface area contributed by atoms with Gasteiger partial charge in [-0.15, -0.1) is 0 Å². The van der Waals surface area contributed by atoms with E-state index in [1.54, 1.807) is 0 Å². The van der Waals surface area contributed by atoms with Crippen molar-refractivity contribution in [2.24, 2.45) is 0 Å². The van der Waals surface area contributed by atoms with Gasteiger partial charge in [-0.2, -0.15) is 12.6 Å². The maximum atomic E-state index is 10.6. The van der Waals surface area contributed by atoms with Crippen LogP contribution in [0.2, 0.25) is 0 Å². The molecule has 0 bridgehead atoms. The molecule has 4 heteroatoms.